The van der Waals surface area contributed by atoms with E-state index in [2.05, 4.69) is 20.6 Å². The maximum atomic E-state index is 12.2. The van der Waals surface area contributed by atoms with Crippen LogP contribution in [0.5, 0.6) is 0 Å². The number of rotatable bonds is 4. The van der Waals surface area contributed by atoms with E-state index in [1.165, 1.54) is 12.4 Å². The smallest absolute Gasteiger partial charge is 0.258 e. The lowest BCUT2D eigenvalue weighted by atomic mass is 10.2. The van der Waals surface area contributed by atoms with E-state index in [1.807, 2.05) is 6.07 Å². The molecule has 0 spiro atoms. The number of carbonyl (C=O) groups is 1. The van der Waals surface area contributed by atoms with Crippen molar-refractivity contribution in [1.82, 2.24) is 9.97 Å². The monoisotopic (exact) mass is 383 g/mol. The maximum Gasteiger partial charge on any atom is 0.258 e. The molecule has 0 aliphatic heterocycles. The fourth-order valence-electron chi connectivity index (χ4n) is 2.09. The van der Waals surface area contributed by atoms with E-state index in [0.717, 1.165) is 0 Å². The van der Waals surface area contributed by atoms with Crippen LogP contribution in [-0.2, 0) is 0 Å². The Balaban J connectivity index is 1.71. The van der Waals surface area contributed by atoms with Crippen LogP contribution in [0.3, 0.4) is 0 Å². The van der Waals surface area contributed by atoms with Crippen molar-refractivity contribution in [2.45, 2.75) is 0 Å². The third kappa shape index (κ3) is 4.28. The van der Waals surface area contributed by atoms with Crippen LogP contribution in [0, 0.1) is 11.3 Å². The highest BCUT2D eigenvalue weighted by atomic mass is 35.5. The Hall–Kier alpha value is -3.14. The van der Waals surface area contributed by atoms with Gasteiger partial charge in [0, 0.05) is 23.1 Å². The van der Waals surface area contributed by atoms with Gasteiger partial charge in [-0.05, 0) is 36.4 Å². The van der Waals surface area contributed by atoms with Crippen molar-refractivity contribution >= 4 is 46.4 Å². The van der Waals surface area contributed by atoms with Crippen LogP contribution < -0.4 is 10.6 Å². The van der Waals surface area contributed by atoms with Crippen LogP contribution in [0.4, 0.5) is 17.3 Å². The van der Waals surface area contributed by atoms with Crippen molar-refractivity contribution in [2.75, 3.05) is 10.6 Å². The Morgan fingerprint density at radius 1 is 1.08 bits per heavy atom. The maximum absolute atomic E-state index is 12.2. The van der Waals surface area contributed by atoms with Crippen LogP contribution in [0.15, 0.2) is 54.9 Å². The third-order valence-corrected chi connectivity index (χ3v) is 3.90. The van der Waals surface area contributed by atoms with Crippen molar-refractivity contribution in [1.29, 1.82) is 5.26 Å². The van der Waals surface area contributed by atoms with E-state index in [9.17, 15) is 4.79 Å². The molecule has 0 saturated carbocycles. The molecule has 128 valence electrons. The summed E-state index contributed by atoms with van der Waals surface area (Å²) in [6.45, 7) is 0. The summed E-state index contributed by atoms with van der Waals surface area (Å²) in [5, 5.41) is 15.5. The largest absolute Gasteiger partial charge is 0.323 e. The van der Waals surface area contributed by atoms with Gasteiger partial charge in [-0.1, -0.05) is 29.3 Å². The van der Waals surface area contributed by atoms with Crippen LogP contribution in [0.1, 0.15) is 15.9 Å². The number of benzene rings is 2. The molecule has 3 aromatic rings. The Morgan fingerprint density at radius 2 is 1.85 bits per heavy atom. The molecule has 0 fully saturated rings. The van der Waals surface area contributed by atoms with Crippen molar-refractivity contribution in [3.63, 3.8) is 0 Å². The van der Waals surface area contributed by atoms with Gasteiger partial charge in [0.1, 0.15) is 0 Å². The number of halogens is 2. The molecule has 2 aromatic carbocycles. The Bertz CT molecular complexity index is 999. The zero-order chi connectivity index (χ0) is 18.5. The number of nitrogens with one attached hydrogen (secondary N) is 2. The van der Waals surface area contributed by atoms with E-state index in [0.29, 0.717) is 27.0 Å². The molecule has 1 aromatic heterocycles. The number of anilines is 3. The van der Waals surface area contributed by atoms with Gasteiger partial charge < -0.3 is 10.6 Å². The summed E-state index contributed by atoms with van der Waals surface area (Å²) < 4.78 is 0. The first-order chi connectivity index (χ1) is 12.5. The molecule has 0 radical (unpaired) electrons. The SMILES string of the molecule is N#Cc1cccc(NC(=O)c2cnc(Nc3cc(Cl)ccc3Cl)nc2)c1. The average Bonchev–Trinajstić information content (AvgIpc) is 2.65. The Kier molecular flexibility index (Phi) is 5.32. The van der Waals surface area contributed by atoms with Gasteiger partial charge in [-0.3, -0.25) is 4.79 Å². The van der Waals surface area contributed by atoms with Crippen molar-refractivity contribution < 1.29 is 4.79 Å². The van der Waals surface area contributed by atoms with Gasteiger partial charge in [0.15, 0.2) is 0 Å². The average molecular weight is 384 g/mol. The lowest BCUT2D eigenvalue weighted by molar-refractivity contribution is 0.102. The van der Waals surface area contributed by atoms with Gasteiger partial charge >= 0.3 is 0 Å². The normalized spacial score (nSPS) is 10.0. The number of carbonyl (C=O) groups excluding carboxylic acids is 1. The van der Waals surface area contributed by atoms with Crippen LogP contribution in [0.2, 0.25) is 10.0 Å². The summed E-state index contributed by atoms with van der Waals surface area (Å²) in [6, 6.07) is 13.6. The number of nitriles is 1. The minimum absolute atomic E-state index is 0.273. The van der Waals surface area contributed by atoms with Crippen LogP contribution in [-0.4, -0.2) is 15.9 Å². The molecule has 0 aliphatic rings. The lowest BCUT2D eigenvalue weighted by Crippen LogP contribution is -2.13. The second kappa shape index (κ2) is 7.83. The third-order valence-electron chi connectivity index (χ3n) is 3.34. The highest BCUT2D eigenvalue weighted by molar-refractivity contribution is 6.35. The molecule has 6 nitrogen and oxygen atoms in total. The van der Waals surface area contributed by atoms with E-state index >= 15 is 0 Å². The molecular formula is C18H11Cl2N5O. The van der Waals surface area contributed by atoms with Crippen LogP contribution in [0.25, 0.3) is 0 Å². The zero-order valence-electron chi connectivity index (χ0n) is 13.2. The first-order valence-corrected chi connectivity index (χ1v) is 8.16. The van der Waals surface area contributed by atoms with Crippen molar-refractivity contribution in [3.8, 4) is 6.07 Å². The molecule has 0 bridgehead atoms. The molecule has 3 rings (SSSR count). The first kappa shape index (κ1) is 17.7. The highest BCUT2D eigenvalue weighted by Gasteiger charge is 2.09. The molecular weight excluding hydrogens is 373 g/mol. The summed E-state index contributed by atoms with van der Waals surface area (Å²) in [5.41, 5.74) is 1.80. The van der Waals surface area contributed by atoms with Crippen molar-refractivity contribution in [3.05, 3.63) is 76.0 Å². The quantitative estimate of drug-likeness (QED) is 0.683. The summed E-state index contributed by atoms with van der Waals surface area (Å²) in [6.07, 6.45) is 2.77. The number of hydrogen-bond acceptors (Lipinski definition) is 5. The van der Waals surface area contributed by atoms with E-state index in [4.69, 9.17) is 28.5 Å². The summed E-state index contributed by atoms with van der Waals surface area (Å²) in [4.78, 5) is 20.5. The Labute approximate surface area is 159 Å². The number of hydrogen-bond donors (Lipinski definition) is 2. The second-order valence-corrected chi connectivity index (χ2v) is 6.03. The predicted molar refractivity (Wildman–Crippen MR) is 101 cm³/mol. The predicted octanol–water partition coefficient (Wildman–Crippen LogP) is 4.65. The standard InChI is InChI=1S/C18H11Cl2N5O/c19-13-4-5-15(20)16(7-13)25-18-22-9-12(10-23-18)17(26)24-14-3-1-2-11(6-14)8-21/h1-7,9-10H,(H,24,26)(H,22,23,25). The fourth-order valence-corrected chi connectivity index (χ4v) is 2.43. The lowest BCUT2D eigenvalue weighted by Gasteiger charge is -2.08. The van der Waals surface area contributed by atoms with Crippen molar-refractivity contribution in [2.24, 2.45) is 0 Å². The molecule has 0 aliphatic carbocycles. The van der Waals surface area contributed by atoms with E-state index in [1.54, 1.807) is 42.5 Å². The minimum Gasteiger partial charge on any atom is -0.323 e. The molecule has 1 heterocycles. The minimum atomic E-state index is -0.382. The summed E-state index contributed by atoms with van der Waals surface area (Å²) in [7, 11) is 0. The molecule has 0 atom stereocenters. The molecule has 1 amide bonds. The number of aromatic nitrogens is 2. The number of nitrogens with zero attached hydrogens (tertiary/aromatic N) is 3. The van der Waals surface area contributed by atoms with Crippen LogP contribution >= 0.6 is 23.2 Å². The molecule has 8 heteroatoms. The molecule has 0 unspecified atom stereocenters. The van der Waals surface area contributed by atoms with Gasteiger partial charge in [0.2, 0.25) is 5.95 Å². The Morgan fingerprint density at radius 3 is 2.58 bits per heavy atom. The topological polar surface area (TPSA) is 90.7 Å². The highest BCUT2D eigenvalue weighted by Crippen LogP contribution is 2.27. The van der Waals surface area contributed by atoms with Gasteiger partial charge in [-0.25, -0.2) is 9.97 Å². The second-order valence-electron chi connectivity index (χ2n) is 5.19. The fraction of sp³-hybridized carbons (Fsp3) is 0. The number of amides is 1. The first-order valence-electron chi connectivity index (χ1n) is 7.41. The molecule has 26 heavy (non-hydrogen) atoms. The molecule has 2 N–H and O–H groups in total. The zero-order valence-corrected chi connectivity index (χ0v) is 14.7. The van der Waals surface area contributed by atoms with E-state index in [-0.39, 0.29) is 17.4 Å². The van der Waals surface area contributed by atoms with Gasteiger partial charge in [0.25, 0.3) is 5.91 Å². The van der Waals surface area contributed by atoms with Gasteiger partial charge in [-0.2, -0.15) is 5.26 Å². The molecule has 0 saturated heterocycles. The summed E-state index contributed by atoms with van der Waals surface area (Å²) >= 11 is 12.0. The summed E-state index contributed by atoms with van der Waals surface area (Å²) in [5.74, 6) is -0.107. The van der Waals surface area contributed by atoms with E-state index < -0.39 is 0 Å². The van der Waals surface area contributed by atoms with Gasteiger partial charge in [-0.15, -0.1) is 0 Å². The van der Waals surface area contributed by atoms with Gasteiger partial charge in [0.05, 0.1) is 27.9 Å².